The molecule has 2 nitrogen and oxygen atoms in total. The van der Waals surface area contributed by atoms with E-state index < -0.39 is 11.7 Å². The van der Waals surface area contributed by atoms with Crippen molar-refractivity contribution in [2.24, 2.45) is 0 Å². The van der Waals surface area contributed by atoms with E-state index in [-0.39, 0.29) is 15.7 Å². The number of halogens is 5. The Kier molecular flexibility index (Phi) is 3.72. The van der Waals surface area contributed by atoms with Gasteiger partial charge in [0, 0.05) is 6.20 Å². The first-order valence-electron chi connectivity index (χ1n) is 5.33. The van der Waals surface area contributed by atoms with Crippen LogP contribution in [0.4, 0.5) is 13.2 Å². The molecule has 0 radical (unpaired) electrons. The first-order valence-corrected chi connectivity index (χ1v) is 6.09. The van der Waals surface area contributed by atoms with Crippen LogP contribution in [0.1, 0.15) is 16.8 Å². The molecule has 20 heavy (non-hydrogen) atoms. The third kappa shape index (κ3) is 2.62. The molecule has 0 aliphatic carbocycles. The maximum atomic E-state index is 12.6. The van der Waals surface area contributed by atoms with Crippen molar-refractivity contribution in [2.45, 2.75) is 13.1 Å². The van der Waals surface area contributed by atoms with Gasteiger partial charge in [0.15, 0.2) is 0 Å². The van der Waals surface area contributed by atoms with Gasteiger partial charge in [-0.3, -0.25) is 0 Å². The van der Waals surface area contributed by atoms with Crippen LogP contribution in [0.3, 0.4) is 0 Å². The lowest BCUT2D eigenvalue weighted by molar-refractivity contribution is -0.137. The largest absolute Gasteiger partial charge is 0.416 e. The molecular weight excluding hydrogens is 312 g/mol. The Morgan fingerprint density at radius 2 is 1.80 bits per heavy atom. The van der Waals surface area contributed by atoms with Crippen LogP contribution < -0.4 is 0 Å². The SMILES string of the molecule is C#Cc1cn(-c2c(Cl)cc(C(F)(F)F)cc2Cl)nc1C. The van der Waals surface area contributed by atoms with Gasteiger partial charge in [-0.1, -0.05) is 29.1 Å². The Balaban J connectivity index is 2.61. The van der Waals surface area contributed by atoms with Crippen molar-refractivity contribution in [1.82, 2.24) is 9.78 Å². The number of aromatic nitrogens is 2. The summed E-state index contributed by atoms with van der Waals surface area (Å²) in [6.45, 7) is 1.68. The standard InChI is InChI=1S/C13H7Cl2F3N2/c1-3-8-6-20(19-7(8)2)12-10(14)4-9(5-11(12)15)13(16,17)18/h1,4-6H,2H3. The van der Waals surface area contributed by atoms with E-state index in [1.807, 2.05) is 0 Å². The minimum atomic E-state index is -4.52. The number of alkyl halides is 3. The Bertz CT molecular complexity index is 688. The Hall–Kier alpha value is -1.64. The highest BCUT2D eigenvalue weighted by Gasteiger charge is 2.32. The van der Waals surface area contributed by atoms with E-state index in [9.17, 15) is 13.2 Å². The number of hydrogen-bond donors (Lipinski definition) is 0. The summed E-state index contributed by atoms with van der Waals surface area (Å²) in [7, 11) is 0. The van der Waals surface area contributed by atoms with Gasteiger partial charge in [0.1, 0.15) is 5.69 Å². The fraction of sp³-hybridized carbons (Fsp3) is 0.154. The third-order valence-electron chi connectivity index (χ3n) is 2.63. The Morgan fingerprint density at radius 3 is 2.20 bits per heavy atom. The first-order chi connectivity index (χ1) is 9.24. The van der Waals surface area contributed by atoms with Crippen LogP contribution in [0.15, 0.2) is 18.3 Å². The zero-order valence-electron chi connectivity index (χ0n) is 10.1. The van der Waals surface area contributed by atoms with Gasteiger partial charge in [-0.2, -0.15) is 18.3 Å². The van der Waals surface area contributed by atoms with Crippen LogP contribution in [0, 0.1) is 19.3 Å². The highest BCUT2D eigenvalue weighted by atomic mass is 35.5. The molecule has 0 N–H and O–H groups in total. The summed E-state index contributed by atoms with van der Waals surface area (Å²) >= 11 is 11.8. The molecule has 2 rings (SSSR count). The van der Waals surface area contributed by atoms with Crippen molar-refractivity contribution in [3.63, 3.8) is 0 Å². The van der Waals surface area contributed by atoms with E-state index in [4.69, 9.17) is 29.6 Å². The smallest absolute Gasteiger partial charge is 0.236 e. The third-order valence-corrected chi connectivity index (χ3v) is 3.20. The maximum absolute atomic E-state index is 12.6. The van der Waals surface area contributed by atoms with E-state index in [1.54, 1.807) is 6.92 Å². The van der Waals surface area contributed by atoms with Gasteiger partial charge in [-0.05, 0) is 19.1 Å². The number of benzene rings is 1. The van der Waals surface area contributed by atoms with Crippen molar-refractivity contribution in [1.29, 1.82) is 0 Å². The van der Waals surface area contributed by atoms with E-state index in [2.05, 4.69) is 11.0 Å². The van der Waals surface area contributed by atoms with Gasteiger partial charge in [0.2, 0.25) is 0 Å². The van der Waals surface area contributed by atoms with Crippen molar-refractivity contribution < 1.29 is 13.2 Å². The highest BCUT2D eigenvalue weighted by Crippen LogP contribution is 2.37. The van der Waals surface area contributed by atoms with Crippen molar-refractivity contribution in [3.05, 3.63) is 45.2 Å². The molecule has 104 valence electrons. The minimum Gasteiger partial charge on any atom is -0.236 e. The molecule has 0 aliphatic heterocycles. The van der Waals surface area contributed by atoms with Crippen molar-refractivity contribution in [2.75, 3.05) is 0 Å². The lowest BCUT2D eigenvalue weighted by Gasteiger charge is -2.12. The van der Waals surface area contributed by atoms with Gasteiger partial charge in [-0.15, -0.1) is 6.42 Å². The molecule has 0 fully saturated rings. The van der Waals surface area contributed by atoms with Crippen LogP contribution in [0.25, 0.3) is 5.69 Å². The molecule has 1 heterocycles. The Morgan fingerprint density at radius 1 is 1.25 bits per heavy atom. The lowest BCUT2D eigenvalue weighted by Crippen LogP contribution is -2.07. The monoisotopic (exact) mass is 318 g/mol. The number of rotatable bonds is 1. The second-order valence-corrected chi connectivity index (χ2v) is 4.82. The maximum Gasteiger partial charge on any atom is 0.416 e. The fourth-order valence-electron chi connectivity index (χ4n) is 1.66. The summed E-state index contributed by atoms with van der Waals surface area (Å²) in [5, 5.41) is 3.78. The molecule has 0 atom stereocenters. The van der Waals surface area contributed by atoms with Crippen LogP contribution in [0.2, 0.25) is 10.0 Å². The molecule has 7 heteroatoms. The van der Waals surface area contributed by atoms with Crippen LogP contribution in [-0.4, -0.2) is 9.78 Å². The predicted octanol–water partition coefficient (Wildman–Crippen LogP) is 4.49. The highest BCUT2D eigenvalue weighted by molar-refractivity contribution is 6.37. The number of nitrogens with zero attached hydrogens (tertiary/aromatic N) is 2. The Labute approximate surface area is 123 Å². The summed E-state index contributed by atoms with van der Waals surface area (Å²) < 4.78 is 39.2. The lowest BCUT2D eigenvalue weighted by atomic mass is 10.2. The second-order valence-electron chi connectivity index (χ2n) is 4.00. The molecule has 0 aliphatic rings. The van der Waals surface area contributed by atoms with E-state index in [0.29, 0.717) is 11.3 Å². The zero-order valence-corrected chi connectivity index (χ0v) is 11.6. The van der Waals surface area contributed by atoms with E-state index in [1.165, 1.54) is 10.9 Å². The van der Waals surface area contributed by atoms with Gasteiger partial charge < -0.3 is 0 Å². The molecule has 1 aromatic heterocycles. The summed E-state index contributed by atoms with van der Waals surface area (Å²) in [6, 6.07) is 1.60. The summed E-state index contributed by atoms with van der Waals surface area (Å²) in [6.07, 6.45) is 2.25. The quantitative estimate of drug-likeness (QED) is 0.708. The van der Waals surface area contributed by atoms with E-state index in [0.717, 1.165) is 12.1 Å². The molecule has 0 spiro atoms. The summed E-state index contributed by atoms with van der Waals surface area (Å²) in [5.74, 6) is 2.41. The van der Waals surface area contributed by atoms with Crippen molar-refractivity contribution in [3.8, 4) is 18.0 Å². The second kappa shape index (κ2) is 5.04. The molecule has 0 saturated carbocycles. The molecule has 2 aromatic rings. The van der Waals surface area contributed by atoms with Gasteiger partial charge >= 0.3 is 6.18 Å². The fourth-order valence-corrected chi connectivity index (χ4v) is 2.32. The van der Waals surface area contributed by atoms with Crippen LogP contribution in [0.5, 0.6) is 0 Å². The predicted molar refractivity (Wildman–Crippen MR) is 71.3 cm³/mol. The molecule has 0 unspecified atom stereocenters. The molecular formula is C13H7Cl2F3N2. The van der Waals surface area contributed by atoms with Crippen LogP contribution >= 0.6 is 23.2 Å². The summed E-state index contributed by atoms with van der Waals surface area (Å²) in [4.78, 5) is 0. The molecule has 0 bridgehead atoms. The molecule has 1 aromatic carbocycles. The van der Waals surface area contributed by atoms with Crippen LogP contribution in [-0.2, 0) is 6.18 Å². The summed E-state index contributed by atoms with van der Waals surface area (Å²) in [5.41, 5.74) is 0.305. The van der Waals surface area contributed by atoms with Gasteiger partial charge in [0.05, 0.1) is 26.9 Å². The van der Waals surface area contributed by atoms with Crippen molar-refractivity contribution >= 4 is 23.2 Å². The average Bonchev–Trinajstić information content (AvgIpc) is 2.68. The number of terminal acetylenes is 1. The average molecular weight is 319 g/mol. The number of aryl methyl sites for hydroxylation is 1. The molecule has 0 saturated heterocycles. The first kappa shape index (κ1) is 14.8. The normalized spacial score (nSPS) is 11.4. The molecule has 0 amide bonds. The zero-order chi connectivity index (χ0) is 15.1. The minimum absolute atomic E-state index is 0.157. The van der Waals surface area contributed by atoms with Gasteiger partial charge in [0.25, 0.3) is 0 Å². The topological polar surface area (TPSA) is 17.8 Å². The number of hydrogen-bond acceptors (Lipinski definition) is 1. The van der Waals surface area contributed by atoms with Gasteiger partial charge in [-0.25, -0.2) is 4.68 Å². The van der Waals surface area contributed by atoms with E-state index >= 15 is 0 Å².